The number of aryl methyl sites for hydroxylation is 1. The molecule has 27 heavy (non-hydrogen) atoms. The summed E-state index contributed by atoms with van der Waals surface area (Å²) in [5.74, 6) is 1.84. The Labute approximate surface area is 162 Å². The van der Waals surface area contributed by atoms with Gasteiger partial charge < -0.3 is 14.8 Å². The summed E-state index contributed by atoms with van der Waals surface area (Å²) >= 11 is 0. The molecule has 0 bridgehead atoms. The van der Waals surface area contributed by atoms with Crippen LogP contribution in [0.25, 0.3) is 0 Å². The Kier molecular flexibility index (Phi) is 6.81. The standard InChI is InChI=1S/C20H31N7/c1-4-18(17-9-7-6-8-10-17)26-11-13-27(14-12-26)20(21-5-2)22-15-19-24-23-16-25(19)3/h6-10,16,18H,4-5,11-15H2,1-3H3,(H,21,22). The lowest BCUT2D eigenvalue weighted by atomic mass is 10.0. The highest BCUT2D eigenvalue weighted by atomic mass is 15.4. The summed E-state index contributed by atoms with van der Waals surface area (Å²) in [7, 11) is 1.95. The highest BCUT2D eigenvalue weighted by Gasteiger charge is 2.25. The van der Waals surface area contributed by atoms with Gasteiger partial charge in [0.15, 0.2) is 11.8 Å². The molecule has 0 aliphatic carbocycles. The molecule has 2 heterocycles. The van der Waals surface area contributed by atoms with Crippen LogP contribution in [0.1, 0.15) is 37.7 Å². The van der Waals surface area contributed by atoms with Crippen molar-refractivity contribution in [2.45, 2.75) is 32.9 Å². The molecular weight excluding hydrogens is 338 g/mol. The number of piperazine rings is 1. The molecule has 2 aromatic rings. The summed E-state index contributed by atoms with van der Waals surface area (Å²) in [5.41, 5.74) is 1.41. The minimum Gasteiger partial charge on any atom is -0.357 e. The fourth-order valence-electron chi connectivity index (χ4n) is 3.65. The number of aromatic nitrogens is 3. The first-order valence-electron chi connectivity index (χ1n) is 9.88. The second-order valence-corrected chi connectivity index (χ2v) is 6.89. The second kappa shape index (κ2) is 9.50. The molecule has 1 N–H and O–H groups in total. The van der Waals surface area contributed by atoms with Crippen LogP contribution in [0.15, 0.2) is 41.7 Å². The number of rotatable bonds is 6. The summed E-state index contributed by atoms with van der Waals surface area (Å²) in [6.07, 6.45) is 2.84. The summed E-state index contributed by atoms with van der Waals surface area (Å²) in [5, 5.41) is 11.5. The van der Waals surface area contributed by atoms with Crippen molar-refractivity contribution < 1.29 is 0 Å². The van der Waals surface area contributed by atoms with E-state index in [1.807, 2.05) is 11.6 Å². The Hall–Kier alpha value is -2.41. The lowest BCUT2D eigenvalue weighted by Crippen LogP contribution is -2.53. The van der Waals surface area contributed by atoms with Gasteiger partial charge in [0.25, 0.3) is 0 Å². The Morgan fingerprint density at radius 3 is 2.48 bits per heavy atom. The van der Waals surface area contributed by atoms with Crippen LogP contribution < -0.4 is 5.32 Å². The fraction of sp³-hybridized carbons (Fsp3) is 0.550. The maximum atomic E-state index is 4.78. The van der Waals surface area contributed by atoms with Gasteiger partial charge in [-0.1, -0.05) is 37.3 Å². The number of aliphatic imine (C=N–C) groups is 1. The topological polar surface area (TPSA) is 61.6 Å². The van der Waals surface area contributed by atoms with Crippen molar-refractivity contribution in [2.24, 2.45) is 12.0 Å². The molecule has 1 aromatic heterocycles. The van der Waals surface area contributed by atoms with Crippen LogP contribution in [0.3, 0.4) is 0 Å². The lowest BCUT2D eigenvalue weighted by molar-refractivity contribution is 0.127. The predicted molar refractivity (Wildman–Crippen MR) is 108 cm³/mol. The molecule has 7 heteroatoms. The smallest absolute Gasteiger partial charge is 0.194 e. The maximum Gasteiger partial charge on any atom is 0.194 e. The number of guanidine groups is 1. The zero-order valence-corrected chi connectivity index (χ0v) is 16.7. The minimum atomic E-state index is 0.492. The second-order valence-electron chi connectivity index (χ2n) is 6.89. The largest absolute Gasteiger partial charge is 0.357 e. The number of hydrogen-bond donors (Lipinski definition) is 1. The van der Waals surface area contributed by atoms with Crippen LogP contribution in [0.4, 0.5) is 0 Å². The Bertz CT molecular complexity index is 717. The molecule has 1 unspecified atom stereocenters. The molecule has 146 valence electrons. The van der Waals surface area contributed by atoms with E-state index in [0.717, 1.165) is 50.9 Å². The average Bonchev–Trinajstić information content (AvgIpc) is 3.12. The van der Waals surface area contributed by atoms with E-state index < -0.39 is 0 Å². The van der Waals surface area contributed by atoms with Gasteiger partial charge in [-0.3, -0.25) is 4.90 Å². The third-order valence-corrected chi connectivity index (χ3v) is 5.14. The summed E-state index contributed by atoms with van der Waals surface area (Å²) in [6, 6.07) is 11.3. The quantitative estimate of drug-likeness (QED) is 0.624. The van der Waals surface area contributed by atoms with E-state index in [4.69, 9.17) is 4.99 Å². The van der Waals surface area contributed by atoms with Gasteiger partial charge in [-0.15, -0.1) is 10.2 Å². The summed E-state index contributed by atoms with van der Waals surface area (Å²) in [6.45, 7) is 9.83. The van der Waals surface area contributed by atoms with Gasteiger partial charge in [0.05, 0.1) is 0 Å². The SMILES string of the molecule is CCNC(=NCc1nncn1C)N1CCN(C(CC)c2ccccc2)CC1. The number of hydrogen-bond acceptors (Lipinski definition) is 4. The lowest BCUT2D eigenvalue weighted by Gasteiger charge is -2.40. The van der Waals surface area contributed by atoms with Crippen LogP contribution >= 0.6 is 0 Å². The van der Waals surface area contributed by atoms with Crippen LogP contribution in [0.5, 0.6) is 0 Å². The zero-order valence-electron chi connectivity index (χ0n) is 16.7. The van der Waals surface area contributed by atoms with Gasteiger partial charge in [0.1, 0.15) is 12.9 Å². The van der Waals surface area contributed by atoms with Crippen molar-refractivity contribution >= 4 is 5.96 Å². The fourth-order valence-corrected chi connectivity index (χ4v) is 3.65. The molecule has 0 amide bonds. The predicted octanol–water partition coefficient (Wildman–Crippen LogP) is 2.05. The molecule has 7 nitrogen and oxygen atoms in total. The highest BCUT2D eigenvalue weighted by molar-refractivity contribution is 5.80. The normalized spacial score (nSPS) is 17.1. The van der Waals surface area contributed by atoms with Gasteiger partial charge in [0, 0.05) is 45.8 Å². The van der Waals surface area contributed by atoms with Gasteiger partial charge in [-0.2, -0.15) is 0 Å². The molecule has 1 aliphatic rings. The molecule has 1 saturated heterocycles. The van der Waals surface area contributed by atoms with E-state index in [-0.39, 0.29) is 0 Å². The van der Waals surface area contributed by atoms with Crippen molar-refractivity contribution in [1.29, 1.82) is 0 Å². The van der Waals surface area contributed by atoms with Crippen molar-refractivity contribution in [3.05, 3.63) is 48.0 Å². The summed E-state index contributed by atoms with van der Waals surface area (Å²) < 4.78 is 1.91. The monoisotopic (exact) mass is 369 g/mol. The molecule has 1 atom stereocenters. The zero-order chi connectivity index (χ0) is 19.1. The van der Waals surface area contributed by atoms with E-state index in [1.54, 1.807) is 6.33 Å². The van der Waals surface area contributed by atoms with Crippen molar-refractivity contribution in [2.75, 3.05) is 32.7 Å². The van der Waals surface area contributed by atoms with Crippen molar-refractivity contribution in [3.63, 3.8) is 0 Å². The van der Waals surface area contributed by atoms with Gasteiger partial charge in [0.2, 0.25) is 0 Å². The molecule has 3 rings (SSSR count). The van der Waals surface area contributed by atoms with E-state index in [0.29, 0.717) is 12.6 Å². The number of nitrogens with one attached hydrogen (secondary N) is 1. The van der Waals surface area contributed by atoms with Gasteiger partial charge >= 0.3 is 0 Å². The van der Waals surface area contributed by atoms with Crippen LogP contribution in [0, 0.1) is 0 Å². The third kappa shape index (κ3) is 4.86. The Morgan fingerprint density at radius 2 is 1.89 bits per heavy atom. The van der Waals surface area contributed by atoms with Crippen molar-refractivity contribution in [3.8, 4) is 0 Å². The van der Waals surface area contributed by atoms with E-state index >= 15 is 0 Å². The first-order valence-corrected chi connectivity index (χ1v) is 9.88. The summed E-state index contributed by atoms with van der Waals surface area (Å²) in [4.78, 5) is 9.73. The average molecular weight is 370 g/mol. The molecule has 1 fully saturated rings. The first-order chi connectivity index (χ1) is 13.2. The number of benzene rings is 1. The first kappa shape index (κ1) is 19.4. The molecule has 0 spiro atoms. The Balaban J connectivity index is 1.62. The van der Waals surface area contributed by atoms with Crippen LogP contribution in [-0.4, -0.2) is 63.2 Å². The molecule has 1 aromatic carbocycles. The Morgan fingerprint density at radius 1 is 1.15 bits per heavy atom. The van der Waals surface area contributed by atoms with Gasteiger partial charge in [-0.05, 0) is 18.9 Å². The van der Waals surface area contributed by atoms with E-state index in [2.05, 4.69) is 69.5 Å². The maximum absolute atomic E-state index is 4.78. The van der Waals surface area contributed by atoms with Crippen LogP contribution in [-0.2, 0) is 13.6 Å². The van der Waals surface area contributed by atoms with Gasteiger partial charge in [-0.25, -0.2) is 4.99 Å². The minimum absolute atomic E-state index is 0.492. The molecule has 0 radical (unpaired) electrons. The molecule has 0 saturated carbocycles. The van der Waals surface area contributed by atoms with Crippen molar-refractivity contribution in [1.82, 2.24) is 29.9 Å². The van der Waals surface area contributed by atoms with Crippen LogP contribution in [0.2, 0.25) is 0 Å². The van der Waals surface area contributed by atoms with E-state index in [1.165, 1.54) is 5.56 Å². The number of nitrogens with zero attached hydrogens (tertiary/aromatic N) is 6. The highest BCUT2D eigenvalue weighted by Crippen LogP contribution is 2.25. The van der Waals surface area contributed by atoms with E-state index in [9.17, 15) is 0 Å². The third-order valence-electron chi connectivity index (χ3n) is 5.14. The molecule has 1 aliphatic heterocycles. The molecular formula is C20H31N7.